The van der Waals surface area contributed by atoms with Gasteiger partial charge in [0, 0.05) is 37.3 Å². The van der Waals surface area contributed by atoms with Crippen molar-refractivity contribution in [1.29, 1.82) is 0 Å². The Bertz CT molecular complexity index is 428. The molecule has 1 aromatic rings. The minimum absolute atomic E-state index is 0.224. The van der Waals surface area contributed by atoms with Crippen molar-refractivity contribution in [2.24, 2.45) is 0 Å². The Balaban J connectivity index is 1.95. The highest BCUT2D eigenvalue weighted by atomic mass is 32.1. The van der Waals surface area contributed by atoms with Crippen molar-refractivity contribution in [3.8, 4) is 0 Å². The van der Waals surface area contributed by atoms with Gasteiger partial charge in [0.1, 0.15) is 5.60 Å². The average Bonchev–Trinajstić information content (AvgIpc) is 2.79. The lowest BCUT2D eigenvalue weighted by atomic mass is 10.2. The van der Waals surface area contributed by atoms with Crippen LogP contribution in [-0.2, 0) is 4.74 Å². The van der Waals surface area contributed by atoms with Gasteiger partial charge in [-0.3, -0.25) is 0 Å². The van der Waals surface area contributed by atoms with Gasteiger partial charge in [-0.2, -0.15) is 0 Å². The molecule has 0 radical (unpaired) electrons. The lowest BCUT2D eigenvalue weighted by Gasteiger charge is -2.40. The van der Waals surface area contributed by atoms with Crippen LogP contribution in [0.4, 0.5) is 9.93 Å². The fourth-order valence-electron chi connectivity index (χ4n) is 2.09. The van der Waals surface area contributed by atoms with Crippen molar-refractivity contribution in [3.05, 3.63) is 11.6 Å². The van der Waals surface area contributed by atoms with Crippen molar-refractivity contribution in [2.75, 3.05) is 24.5 Å². The van der Waals surface area contributed by atoms with E-state index in [9.17, 15) is 4.79 Å². The zero-order valence-corrected chi connectivity index (χ0v) is 12.7. The molecule has 19 heavy (non-hydrogen) atoms. The second kappa shape index (κ2) is 5.36. The third-order valence-electron chi connectivity index (χ3n) is 2.94. The van der Waals surface area contributed by atoms with E-state index in [4.69, 9.17) is 4.74 Å². The van der Waals surface area contributed by atoms with Gasteiger partial charge >= 0.3 is 6.09 Å². The maximum atomic E-state index is 12.0. The molecule has 1 aliphatic rings. The van der Waals surface area contributed by atoms with Gasteiger partial charge in [0.25, 0.3) is 0 Å². The molecule has 2 heterocycles. The first-order valence-electron chi connectivity index (χ1n) is 6.51. The number of piperazine rings is 1. The highest BCUT2D eigenvalue weighted by molar-refractivity contribution is 7.13. The Morgan fingerprint density at radius 2 is 2.21 bits per heavy atom. The van der Waals surface area contributed by atoms with Crippen molar-refractivity contribution >= 4 is 22.6 Å². The zero-order chi connectivity index (χ0) is 14.0. The molecule has 0 aliphatic carbocycles. The van der Waals surface area contributed by atoms with E-state index in [-0.39, 0.29) is 12.1 Å². The van der Waals surface area contributed by atoms with Gasteiger partial charge in [0.2, 0.25) is 0 Å². The predicted molar refractivity (Wildman–Crippen MR) is 76.7 cm³/mol. The molecule has 0 aromatic carbocycles. The van der Waals surface area contributed by atoms with Crippen LogP contribution in [-0.4, -0.2) is 47.3 Å². The topological polar surface area (TPSA) is 45.7 Å². The summed E-state index contributed by atoms with van der Waals surface area (Å²) in [5.74, 6) is 0. The number of aromatic nitrogens is 1. The maximum Gasteiger partial charge on any atom is 0.410 e. The van der Waals surface area contributed by atoms with Crippen molar-refractivity contribution < 1.29 is 9.53 Å². The largest absolute Gasteiger partial charge is 0.444 e. The number of rotatable bonds is 1. The summed E-state index contributed by atoms with van der Waals surface area (Å²) in [6.07, 6.45) is 1.59. The zero-order valence-electron chi connectivity index (χ0n) is 11.9. The lowest BCUT2D eigenvalue weighted by Crippen LogP contribution is -2.54. The summed E-state index contributed by atoms with van der Waals surface area (Å²) < 4.78 is 5.41. The molecular formula is C13H21N3O2S. The first-order chi connectivity index (χ1) is 8.87. The van der Waals surface area contributed by atoms with Crippen molar-refractivity contribution in [1.82, 2.24) is 9.88 Å². The van der Waals surface area contributed by atoms with E-state index >= 15 is 0 Å². The summed E-state index contributed by atoms with van der Waals surface area (Å²) >= 11 is 1.63. The molecule has 0 bridgehead atoms. The van der Waals surface area contributed by atoms with Crippen LogP contribution < -0.4 is 4.90 Å². The van der Waals surface area contributed by atoms with E-state index in [1.807, 2.05) is 32.3 Å². The number of nitrogens with zero attached hydrogens (tertiary/aromatic N) is 3. The first-order valence-corrected chi connectivity index (χ1v) is 7.39. The fraction of sp³-hybridized carbons (Fsp3) is 0.692. The first kappa shape index (κ1) is 14.1. The van der Waals surface area contributed by atoms with Crippen LogP contribution in [0.1, 0.15) is 27.7 Å². The van der Waals surface area contributed by atoms with Crippen LogP contribution >= 0.6 is 11.3 Å². The van der Waals surface area contributed by atoms with Crippen LogP contribution in [0.3, 0.4) is 0 Å². The summed E-state index contributed by atoms with van der Waals surface area (Å²) in [7, 11) is 0. The molecule has 1 unspecified atom stereocenters. The standard InChI is InChI=1S/C13H21N3O2S/c1-10-9-15(12(17)18-13(2,3)4)6-7-16(10)11-14-5-8-19-11/h5,8,10H,6-7,9H2,1-4H3. The highest BCUT2D eigenvalue weighted by Gasteiger charge is 2.30. The number of thiazole rings is 1. The van der Waals surface area contributed by atoms with Gasteiger partial charge < -0.3 is 14.5 Å². The molecule has 1 fully saturated rings. The Kier molecular flexibility index (Phi) is 3.99. The molecule has 0 N–H and O–H groups in total. The van der Waals surface area contributed by atoms with Gasteiger partial charge in [0.15, 0.2) is 5.13 Å². The minimum atomic E-state index is -0.438. The monoisotopic (exact) mass is 283 g/mol. The average molecular weight is 283 g/mol. The second-order valence-corrected chi connectivity index (χ2v) is 6.66. The SMILES string of the molecule is CC1CN(C(=O)OC(C)(C)C)CCN1c1nccs1. The molecule has 6 heteroatoms. The lowest BCUT2D eigenvalue weighted by molar-refractivity contribution is 0.0219. The number of hydrogen-bond acceptors (Lipinski definition) is 5. The minimum Gasteiger partial charge on any atom is -0.444 e. The number of amides is 1. The summed E-state index contributed by atoms with van der Waals surface area (Å²) in [6, 6.07) is 0.257. The Morgan fingerprint density at radius 1 is 1.47 bits per heavy atom. The van der Waals surface area contributed by atoms with E-state index in [2.05, 4.69) is 16.8 Å². The van der Waals surface area contributed by atoms with E-state index in [0.717, 1.165) is 11.7 Å². The third-order valence-corrected chi connectivity index (χ3v) is 3.75. The Morgan fingerprint density at radius 3 is 2.74 bits per heavy atom. The van der Waals surface area contributed by atoms with E-state index in [1.165, 1.54) is 0 Å². The number of carbonyl (C=O) groups is 1. The van der Waals surface area contributed by atoms with E-state index < -0.39 is 5.60 Å². The summed E-state index contributed by atoms with van der Waals surface area (Å²) in [5.41, 5.74) is -0.438. The van der Waals surface area contributed by atoms with Gasteiger partial charge in [-0.15, -0.1) is 11.3 Å². The molecular weight excluding hydrogens is 262 g/mol. The summed E-state index contributed by atoms with van der Waals surface area (Å²) in [5, 5.41) is 3.00. The van der Waals surface area contributed by atoms with Crippen molar-refractivity contribution in [3.63, 3.8) is 0 Å². The smallest absolute Gasteiger partial charge is 0.410 e. The second-order valence-electron chi connectivity index (χ2n) is 5.78. The number of carbonyl (C=O) groups excluding carboxylic acids is 1. The van der Waals surface area contributed by atoms with Crippen molar-refractivity contribution in [2.45, 2.75) is 39.3 Å². The molecule has 1 saturated heterocycles. The number of anilines is 1. The van der Waals surface area contributed by atoms with Gasteiger partial charge in [-0.05, 0) is 27.7 Å². The molecule has 1 atom stereocenters. The normalized spacial score (nSPS) is 20.5. The highest BCUT2D eigenvalue weighted by Crippen LogP contribution is 2.23. The van der Waals surface area contributed by atoms with Crippen LogP contribution in [0.2, 0.25) is 0 Å². The molecule has 106 valence electrons. The predicted octanol–water partition coefficient (Wildman–Crippen LogP) is 2.59. The van der Waals surface area contributed by atoms with Crippen LogP contribution in [0, 0.1) is 0 Å². The molecule has 5 nitrogen and oxygen atoms in total. The summed E-state index contributed by atoms with van der Waals surface area (Å²) in [4.78, 5) is 20.4. The van der Waals surface area contributed by atoms with Crippen LogP contribution in [0.5, 0.6) is 0 Å². The van der Waals surface area contributed by atoms with Crippen LogP contribution in [0.25, 0.3) is 0 Å². The quantitative estimate of drug-likeness (QED) is 0.794. The molecule has 0 saturated carbocycles. The molecule has 2 rings (SSSR count). The van der Waals surface area contributed by atoms with E-state index in [1.54, 1.807) is 16.2 Å². The Hall–Kier alpha value is -1.30. The Labute approximate surface area is 118 Å². The van der Waals surface area contributed by atoms with Crippen LogP contribution in [0.15, 0.2) is 11.6 Å². The molecule has 0 spiro atoms. The third kappa shape index (κ3) is 3.59. The molecule has 1 amide bonds. The number of ether oxygens (including phenoxy) is 1. The fourth-order valence-corrected chi connectivity index (χ4v) is 2.86. The molecule has 1 aliphatic heterocycles. The number of hydrogen-bond donors (Lipinski definition) is 0. The maximum absolute atomic E-state index is 12.0. The van der Waals surface area contributed by atoms with Gasteiger partial charge in [-0.25, -0.2) is 9.78 Å². The molecule has 1 aromatic heterocycles. The van der Waals surface area contributed by atoms with Gasteiger partial charge in [0.05, 0.1) is 0 Å². The summed E-state index contributed by atoms with van der Waals surface area (Å²) in [6.45, 7) is 9.93. The van der Waals surface area contributed by atoms with E-state index in [0.29, 0.717) is 13.1 Å². The van der Waals surface area contributed by atoms with Gasteiger partial charge in [-0.1, -0.05) is 0 Å².